The highest BCUT2D eigenvalue weighted by atomic mass is 35.5. The van der Waals surface area contributed by atoms with Crippen molar-refractivity contribution in [3.8, 4) is 5.75 Å². The van der Waals surface area contributed by atoms with Crippen molar-refractivity contribution in [2.24, 2.45) is 0 Å². The summed E-state index contributed by atoms with van der Waals surface area (Å²) in [7, 11) is 1.45. The number of nitro benzene ring substituents is 1. The lowest BCUT2D eigenvalue weighted by atomic mass is 10.1. The van der Waals surface area contributed by atoms with Gasteiger partial charge in [0.2, 0.25) is 0 Å². The van der Waals surface area contributed by atoms with Crippen LogP contribution < -0.4 is 10.1 Å². The number of carbonyl (C=O) groups is 1. The number of hydrogen-bond acceptors (Lipinski definition) is 7. The molecule has 0 unspecified atom stereocenters. The van der Waals surface area contributed by atoms with Crippen LogP contribution >= 0.6 is 11.6 Å². The Hall–Kier alpha value is -3.39. The fourth-order valence-corrected chi connectivity index (χ4v) is 3.25. The number of ether oxygens (including phenoxy) is 2. The van der Waals surface area contributed by atoms with Crippen LogP contribution in [0.3, 0.4) is 0 Å². The molecule has 0 aliphatic rings. The number of rotatable bonds is 6. The maximum Gasteiger partial charge on any atom is 0.341 e. The average Bonchev–Trinajstić information content (AvgIpc) is 2.68. The smallest absolute Gasteiger partial charge is 0.341 e. The summed E-state index contributed by atoms with van der Waals surface area (Å²) in [5, 5.41) is 15.3. The molecular formula is C20H18ClN3O5. The molecule has 0 radical (unpaired) electrons. The van der Waals surface area contributed by atoms with Gasteiger partial charge in [0.05, 0.1) is 35.5 Å². The number of aryl methyl sites for hydroxylation is 1. The molecule has 0 fully saturated rings. The Labute approximate surface area is 171 Å². The first-order chi connectivity index (χ1) is 13.8. The third-order valence-electron chi connectivity index (χ3n) is 4.28. The van der Waals surface area contributed by atoms with E-state index in [4.69, 9.17) is 21.1 Å². The number of carbonyl (C=O) groups excluding carboxylic acids is 1. The molecule has 1 heterocycles. The molecule has 0 atom stereocenters. The number of esters is 1. The molecule has 9 heteroatoms. The molecule has 8 nitrogen and oxygen atoms in total. The monoisotopic (exact) mass is 415 g/mol. The highest BCUT2D eigenvalue weighted by Crippen LogP contribution is 2.37. The van der Waals surface area contributed by atoms with E-state index in [0.717, 1.165) is 5.56 Å². The zero-order valence-corrected chi connectivity index (χ0v) is 16.7. The standard InChI is InChI=1S/C20H18ClN3O5/c1-4-29-20(25)15-10-22-18-11(2)7-12(21)8-14(18)19(15)23-16-9-13(24(26)27)5-6-17(16)28-3/h5-10H,4H2,1-3H3,(H,22,23). The van der Waals surface area contributed by atoms with Gasteiger partial charge in [-0.2, -0.15) is 0 Å². The van der Waals surface area contributed by atoms with Crippen LogP contribution in [0.2, 0.25) is 5.02 Å². The minimum absolute atomic E-state index is 0.126. The first-order valence-corrected chi connectivity index (χ1v) is 9.09. The minimum atomic E-state index is -0.577. The van der Waals surface area contributed by atoms with Crippen molar-refractivity contribution in [3.05, 3.63) is 62.8 Å². The van der Waals surface area contributed by atoms with Crippen molar-refractivity contribution in [1.82, 2.24) is 4.98 Å². The molecular weight excluding hydrogens is 398 g/mol. The lowest BCUT2D eigenvalue weighted by Crippen LogP contribution is -2.10. The fourth-order valence-electron chi connectivity index (χ4n) is 2.98. The van der Waals surface area contributed by atoms with E-state index in [1.165, 1.54) is 31.5 Å². The summed E-state index contributed by atoms with van der Waals surface area (Å²) in [5.74, 6) is -0.208. The summed E-state index contributed by atoms with van der Waals surface area (Å²) in [6.45, 7) is 3.73. The predicted molar refractivity (Wildman–Crippen MR) is 110 cm³/mol. The van der Waals surface area contributed by atoms with Crippen LogP contribution in [0.25, 0.3) is 10.9 Å². The number of methoxy groups -OCH3 is 1. The first-order valence-electron chi connectivity index (χ1n) is 8.71. The molecule has 29 heavy (non-hydrogen) atoms. The number of non-ortho nitro benzene ring substituents is 1. The quantitative estimate of drug-likeness (QED) is 0.342. The number of nitro groups is 1. The highest BCUT2D eigenvalue weighted by molar-refractivity contribution is 6.31. The van der Waals surface area contributed by atoms with Crippen molar-refractivity contribution < 1.29 is 19.2 Å². The Morgan fingerprint density at radius 3 is 2.72 bits per heavy atom. The molecule has 0 amide bonds. The Kier molecular flexibility index (Phi) is 5.84. The van der Waals surface area contributed by atoms with Crippen molar-refractivity contribution in [2.45, 2.75) is 13.8 Å². The summed E-state index contributed by atoms with van der Waals surface area (Å²) in [6, 6.07) is 7.58. The molecule has 1 N–H and O–H groups in total. The predicted octanol–water partition coefficient (Wildman–Crippen LogP) is 5.03. The van der Waals surface area contributed by atoms with Gasteiger partial charge >= 0.3 is 5.97 Å². The SMILES string of the molecule is CCOC(=O)c1cnc2c(C)cc(Cl)cc2c1Nc1cc([N+](=O)[O-])ccc1OC. The number of pyridine rings is 1. The molecule has 3 aromatic rings. The van der Waals surface area contributed by atoms with Gasteiger partial charge in [0, 0.05) is 28.7 Å². The van der Waals surface area contributed by atoms with E-state index < -0.39 is 10.9 Å². The van der Waals surface area contributed by atoms with Gasteiger partial charge in [-0.15, -0.1) is 0 Å². The summed E-state index contributed by atoms with van der Waals surface area (Å²) >= 11 is 6.23. The number of nitrogens with one attached hydrogen (secondary N) is 1. The zero-order valence-electron chi connectivity index (χ0n) is 16.0. The molecule has 3 rings (SSSR count). The number of anilines is 2. The molecule has 2 aromatic carbocycles. The van der Waals surface area contributed by atoms with E-state index in [2.05, 4.69) is 10.3 Å². The number of nitrogens with zero attached hydrogens (tertiary/aromatic N) is 2. The largest absolute Gasteiger partial charge is 0.495 e. The maximum absolute atomic E-state index is 12.5. The van der Waals surface area contributed by atoms with Crippen LogP contribution in [0.5, 0.6) is 5.75 Å². The van der Waals surface area contributed by atoms with Crippen molar-refractivity contribution >= 4 is 45.5 Å². The summed E-state index contributed by atoms with van der Waals surface area (Å²) in [4.78, 5) is 27.6. The van der Waals surface area contributed by atoms with Gasteiger partial charge < -0.3 is 14.8 Å². The van der Waals surface area contributed by atoms with Crippen LogP contribution in [0.4, 0.5) is 17.1 Å². The second-order valence-electron chi connectivity index (χ2n) is 6.15. The summed E-state index contributed by atoms with van der Waals surface area (Å²) in [6.07, 6.45) is 1.41. The summed E-state index contributed by atoms with van der Waals surface area (Å²) < 4.78 is 10.5. The number of benzene rings is 2. The molecule has 1 aromatic heterocycles. The maximum atomic E-state index is 12.5. The van der Waals surface area contributed by atoms with Gasteiger partial charge in [0.25, 0.3) is 5.69 Å². The molecule has 0 spiro atoms. The van der Waals surface area contributed by atoms with Gasteiger partial charge in [-0.3, -0.25) is 15.1 Å². The van der Waals surface area contributed by atoms with Gasteiger partial charge in [0.15, 0.2) is 0 Å². The number of fused-ring (bicyclic) bond motifs is 1. The van der Waals surface area contributed by atoms with Crippen LogP contribution in [-0.4, -0.2) is 29.6 Å². The molecule has 0 saturated carbocycles. The fraction of sp³-hybridized carbons (Fsp3) is 0.200. The van der Waals surface area contributed by atoms with E-state index in [-0.39, 0.29) is 17.9 Å². The average molecular weight is 416 g/mol. The first kappa shape index (κ1) is 20.3. The lowest BCUT2D eigenvalue weighted by molar-refractivity contribution is -0.384. The normalized spacial score (nSPS) is 10.6. The Balaban J connectivity index is 2.26. The molecule has 150 valence electrons. The summed E-state index contributed by atoms with van der Waals surface area (Å²) in [5.41, 5.74) is 2.19. The third-order valence-corrected chi connectivity index (χ3v) is 4.49. The topological polar surface area (TPSA) is 104 Å². The minimum Gasteiger partial charge on any atom is -0.495 e. The second-order valence-corrected chi connectivity index (χ2v) is 6.59. The van der Waals surface area contributed by atoms with Crippen molar-refractivity contribution in [2.75, 3.05) is 19.0 Å². The second kappa shape index (κ2) is 8.32. The zero-order chi connectivity index (χ0) is 21.1. The highest BCUT2D eigenvalue weighted by Gasteiger charge is 2.20. The van der Waals surface area contributed by atoms with E-state index in [0.29, 0.717) is 33.0 Å². The van der Waals surface area contributed by atoms with Crippen molar-refractivity contribution in [1.29, 1.82) is 0 Å². The van der Waals surface area contributed by atoms with Crippen LogP contribution in [0.1, 0.15) is 22.8 Å². The van der Waals surface area contributed by atoms with Gasteiger partial charge in [0.1, 0.15) is 11.3 Å². The Morgan fingerprint density at radius 1 is 1.31 bits per heavy atom. The van der Waals surface area contributed by atoms with Gasteiger partial charge in [-0.1, -0.05) is 11.6 Å². The number of hydrogen-bond donors (Lipinski definition) is 1. The van der Waals surface area contributed by atoms with E-state index in [1.807, 2.05) is 6.92 Å². The van der Waals surface area contributed by atoms with Gasteiger partial charge in [-0.05, 0) is 37.6 Å². The van der Waals surface area contributed by atoms with Crippen LogP contribution in [0.15, 0.2) is 36.5 Å². The van der Waals surface area contributed by atoms with E-state index >= 15 is 0 Å². The molecule has 0 bridgehead atoms. The number of aromatic nitrogens is 1. The Bertz CT molecular complexity index is 1120. The third kappa shape index (κ3) is 4.07. The van der Waals surface area contributed by atoms with E-state index in [1.54, 1.807) is 19.1 Å². The molecule has 0 aliphatic carbocycles. The van der Waals surface area contributed by atoms with E-state index in [9.17, 15) is 14.9 Å². The van der Waals surface area contributed by atoms with Gasteiger partial charge in [-0.25, -0.2) is 4.79 Å². The van der Waals surface area contributed by atoms with Crippen LogP contribution in [0, 0.1) is 17.0 Å². The lowest BCUT2D eigenvalue weighted by Gasteiger charge is -2.17. The molecule has 0 saturated heterocycles. The molecule has 0 aliphatic heterocycles. The number of halogens is 1. The van der Waals surface area contributed by atoms with Crippen LogP contribution in [-0.2, 0) is 4.74 Å². The Morgan fingerprint density at radius 2 is 2.07 bits per heavy atom. The van der Waals surface area contributed by atoms with Crippen molar-refractivity contribution in [3.63, 3.8) is 0 Å².